The van der Waals surface area contributed by atoms with Gasteiger partial charge in [-0.25, -0.2) is 0 Å². The van der Waals surface area contributed by atoms with Crippen LogP contribution in [0.1, 0.15) is 0 Å². The molecule has 2 fully saturated rings. The number of hydrogen-bond acceptors (Lipinski definition) is 13. The molecule has 2 aliphatic heterocycles. The second-order valence-corrected chi connectivity index (χ2v) is 8.69. The highest BCUT2D eigenvalue weighted by Gasteiger charge is 2.49. The Labute approximate surface area is 204 Å². The molecule has 10 atom stereocenters. The highest BCUT2D eigenvalue weighted by atomic mass is 16.7. The lowest BCUT2D eigenvalue weighted by Gasteiger charge is -2.42. The minimum absolute atomic E-state index is 0.229. The van der Waals surface area contributed by atoms with Gasteiger partial charge < -0.3 is 50.6 Å². The fourth-order valence-corrected chi connectivity index (χ4v) is 4.19. The lowest BCUT2D eigenvalue weighted by atomic mass is 9.88. The van der Waals surface area contributed by atoms with E-state index in [4.69, 9.17) is 14.2 Å². The molecule has 3 heterocycles. The van der Waals surface area contributed by atoms with E-state index in [-0.39, 0.29) is 12.4 Å². The fraction of sp³-hybridized carbons (Fsp3) is 0.571. The largest absolute Gasteiger partial charge is 0.394 e. The summed E-state index contributed by atoms with van der Waals surface area (Å²) < 4.78 is 16.1. The number of nitrogens with zero attached hydrogens (tertiary/aromatic N) is 2. The molecule has 0 spiro atoms. The summed E-state index contributed by atoms with van der Waals surface area (Å²) in [4.78, 5) is 12.8. The quantitative estimate of drug-likeness (QED) is 0.158. The Morgan fingerprint density at radius 1 is 1.06 bits per heavy atom. The normalized spacial score (nSPS) is 37.0. The molecular formula is C21H30N5O10+. The fourth-order valence-electron chi connectivity index (χ4n) is 4.19. The van der Waals surface area contributed by atoms with E-state index in [1.54, 1.807) is 24.4 Å². The average Bonchev–Trinajstić information content (AvgIpc) is 2.89. The third kappa shape index (κ3) is 5.25. The van der Waals surface area contributed by atoms with Crippen molar-refractivity contribution in [3.05, 3.63) is 30.5 Å². The van der Waals surface area contributed by atoms with Crippen molar-refractivity contribution in [3.8, 4) is 0 Å². The third-order valence-electron chi connectivity index (χ3n) is 6.39. The van der Waals surface area contributed by atoms with Gasteiger partial charge in [0.1, 0.15) is 30.5 Å². The summed E-state index contributed by atoms with van der Waals surface area (Å²) in [5.41, 5.74) is 8.67. The van der Waals surface area contributed by atoms with Crippen molar-refractivity contribution in [3.63, 3.8) is 0 Å². The topological polar surface area (TPSA) is 244 Å². The summed E-state index contributed by atoms with van der Waals surface area (Å²) in [5, 5.41) is 69.9. The Morgan fingerprint density at radius 2 is 1.81 bits per heavy atom. The maximum atomic E-state index is 12.8. The number of fused-ring (bicyclic) bond motifs is 1. The molecular weight excluding hydrogens is 482 g/mol. The number of rotatable bonds is 7. The van der Waals surface area contributed by atoms with Gasteiger partial charge in [-0.2, -0.15) is 5.10 Å². The van der Waals surface area contributed by atoms with Crippen molar-refractivity contribution >= 4 is 22.5 Å². The van der Waals surface area contributed by atoms with Crippen molar-refractivity contribution < 1.29 is 55.4 Å². The number of aliphatic hydroxyl groups is 6. The standard InChI is InChI=1S/C21H29N5O10/c22-12-10(13(28)11(6-27)35-20(12)33)7-34-21-16(31)14(29)15(30)17(36-21)19(32)26-25-18-9-4-2-1-3-8(9)5-23-24-18/h1-5,10-17,20-21,27-31,33H,6-7,22H2,(H,24,25)(H,26,32)/p+1/t10-,11?,12?,13-,14+,15-,16?,17?,20-,21-/m1/s1. The van der Waals surface area contributed by atoms with Gasteiger partial charge in [-0.1, -0.05) is 24.3 Å². The molecule has 4 unspecified atom stereocenters. The van der Waals surface area contributed by atoms with E-state index in [0.717, 1.165) is 5.39 Å². The van der Waals surface area contributed by atoms with Gasteiger partial charge in [-0.15, -0.1) is 5.10 Å². The number of ether oxygens (including phenoxy) is 3. The van der Waals surface area contributed by atoms with Gasteiger partial charge in [-0.3, -0.25) is 15.6 Å². The Balaban J connectivity index is 1.41. The first-order valence-electron chi connectivity index (χ1n) is 11.3. The Kier molecular flexibility index (Phi) is 8.26. The number of quaternary nitrogens is 1. The van der Waals surface area contributed by atoms with Crippen molar-refractivity contribution in [1.82, 2.24) is 15.6 Å². The van der Waals surface area contributed by atoms with Crippen LogP contribution in [0.15, 0.2) is 30.5 Å². The van der Waals surface area contributed by atoms with E-state index >= 15 is 0 Å². The zero-order chi connectivity index (χ0) is 26.0. The van der Waals surface area contributed by atoms with E-state index in [2.05, 4.69) is 26.8 Å². The van der Waals surface area contributed by atoms with Gasteiger partial charge in [-0.05, 0) is 0 Å². The van der Waals surface area contributed by atoms with Crippen LogP contribution < -0.4 is 16.6 Å². The van der Waals surface area contributed by atoms with Crippen LogP contribution in [-0.2, 0) is 19.0 Å². The van der Waals surface area contributed by atoms with E-state index in [1.165, 1.54) is 0 Å². The third-order valence-corrected chi connectivity index (χ3v) is 6.39. The first kappa shape index (κ1) is 26.5. The minimum atomic E-state index is -1.80. The minimum Gasteiger partial charge on any atom is -0.394 e. The Hall–Kier alpha value is -2.57. The first-order chi connectivity index (χ1) is 17.2. The number of carbonyl (C=O) groups is 1. The van der Waals surface area contributed by atoms with E-state index in [1.807, 2.05) is 6.07 Å². The zero-order valence-corrected chi connectivity index (χ0v) is 19.0. The summed E-state index contributed by atoms with van der Waals surface area (Å²) >= 11 is 0. The lowest BCUT2D eigenvalue weighted by Crippen LogP contribution is -2.76. The molecule has 0 aliphatic carbocycles. The Bertz CT molecular complexity index is 1040. The van der Waals surface area contributed by atoms with Crippen LogP contribution in [0.5, 0.6) is 0 Å². The van der Waals surface area contributed by atoms with Crippen molar-refractivity contribution in [2.75, 3.05) is 18.6 Å². The van der Waals surface area contributed by atoms with Gasteiger partial charge in [0, 0.05) is 10.8 Å². The SMILES string of the molecule is [NH3+]C1[C@H](O)OC(CO)[C@H](O)[C@@H]1CO[C@@H]1OC(C(=O)NNc2nncc3ccccc23)[C@H](O)[C@H](O)C1O. The molecule has 1 aromatic heterocycles. The zero-order valence-electron chi connectivity index (χ0n) is 19.0. The predicted octanol–water partition coefficient (Wildman–Crippen LogP) is -4.81. The second-order valence-electron chi connectivity index (χ2n) is 8.69. The number of hydrogen-bond donors (Lipinski definition) is 9. The molecule has 2 aliphatic rings. The second kappa shape index (κ2) is 11.2. The predicted molar refractivity (Wildman–Crippen MR) is 118 cm³/mol. The number of aliphatic hydroxyl groups excluding tert-OH is 6. The lowest BCUT2D eigenvalue weighted by molar-refractivity contribution is -0.496. The molecule has 15 nitrogen and oxygen atoms in total. The first-order valence-corrected chi connectivity index (χ1v) is 11.3. The highest BCUT2D eigenvalue weighted by molar-refractivity contribution is 5.92. The number of aromatic nitrogens is 2. The van der Waals surface area contributed by atoms with Gasteiger partial charge in [0.25, 0.3) is 5.91 Å². The van der Waals surface area contributed by atoms with Crippen LogP contribution in [0.4, 0.5) is 5.82 Å². The van der Waals surface area contributed by atoms with E-state index < -0.39 is 73.7 Å². The molecule has 11 N–H and O–H groups in total. The van der Waals surface area contributed by atoms with E-state index in [9.17, 15) is 35.4 Å². The molecule has 1 amide bonds. The van der Waals surface area contributed by atoms with Crippen LogP contribution in [0.3, 0.4) is 0 Å². The summed E-state index contributed by atoms with van der Waals surface area (Å²) in [5.74, 6) is -1.51. The molecule has 1 aromatic carbocycles. The van der Waals surface area contributed by atoms with Gasteiger partial charge in [0.05, 0.1) is 31.4 Å². The van der Waals surface area contributed by atoms with Gasteiger partial charge in [0.15, 0.2) is 18.2 Å². The highest BCUT2D eigenvalue weighted by Crippen LogP contribution is 2.27. The number of anilines is 1. The van der Waals surface area contributed by atoms with Crippen molar-refractivity contribution in [2.45, 2.75) is 55.2 Å². The molecule has 2 saturated heterocycles. The van der Waals surface area contributed by atoms with Crippen molar-refractivity contribution in [1.29, 1.82) is 0 Å². The smallest absolute Gasteiger partial charge is 0.270 e. The number of nitrogens with one attached hydrogen (secondary N) is 2. The maximum absolute atomic E-state index is 12.8. The molecule has 0 bridgehead atoms. The molecule has 2 aromatic rings. The molecule has 36 heavy (non-hydrogen) atoms. The Morgan fingerprint density at radius 3 is 2.56 bits per heavy atom. The summed E-state index contributed by atoms with van der Waals surface area (Å²) in [6, 6.07) is 6.29. The number of benzene rings is 1. The summed E-state index contributed by atoms with van der Waals surface area (Å²) in [6.07, 6.45) is -10.8. The molecule has 15 heteroatoms. The average molecular weight is 512 g/mol. The van der Waals surface area contributed by atoms with E-state index in [0.29, 0.717) is 5.39 Å². The monoisotopic (exact) mass is 512 g/mol. The molecule has 0 saturated carbocycles. The number of carbonyl (C=O) groups excluding carboxylic acids is 1. The number of amides is 1. The molecule has 0 radical (unpaired) electrons. The maximum Gasteiger partial charge on any atom is 0.270 e. The van der Waals surface area contributed by atoms with Crippen LogP contribution in [-0.4, -0.2) is 115 Å². The summed E-state index contributed by atoms with van der Waals surface area (Å²) in [7, 11) is 0. The molecule has 198 valence electrons. The van der Waals surface area contributed by atoms with Crippen molar-refractivity contribution in [2.24, 2.45) is 5.92 Å². The van der Waals surface area contributed by atoms with Crippen LogP contribution in [0, 0.1) is 5.92 Å². The van der Waals surface area contributed by atoms with Crippen LogP contribution in [0.25, 0.3) is 10.8 Å². The molecule has 4 rings (SSSR count). The van der Waals surface area contributed by atoms with Crippen LogP contribution in [0.2, 0.25) is 0 Å². The summed E-state index contributed by atoms with van der Waals surface area (Å²) in [6.45, 7) is -0.903. The van der Waals surface area contributed by atoms with Crippen LogP contribution >= 0.6 is 0 Å². The number of hydrazine groups is 1. The van der Waals surface area contributed by atoms with Gasteiger partial charge in [0.2, 0.25) is 6.29 Å². The van der Waals surface area contributed by atoms with Gasteiger partial charge >= 0.3 is 0 Å².